The zero-order valence-corrected chi connectivity index (χ0v) is 10.0. The molecule has 0 aliphatic carbocycles. The van der Waals surface area contributed by atoms with Gasteiger partial charge in [0.2, 0.25) is 0 Å². The Morgan fingerprint density at radius 3 is 2.67 bits per heavy atom. The van der Waals surface area contributed by atoms with E-state index in [1.807, 2.05) is 0 Å². The van der Waals surface area contributed by atoms with E-state index in [9.17, 15) is 13.2 Å². The molecule has 9 heteroatoms. The van der Waals surface area contributed by atoms with Crippen molar-refractivity contribution < 1.29 is 17.9 Å². The van der Waals surface area contributed by atoms with Crippen molar-refractivity contribution in [1.82, 2.24) is 9.97 Å². The van der Waals surface area contributed by atoms with Crippen molar-refractivity contribution in [3.8, 4) is 0 Å². The van der Waals surface area contributed by atoms with Gasteiger partial charge in [0.1, 0.15) is 17.3 Å². The summed E-state index contributed by atoms with van der Waals surface area (Å²) >= 11 is 4.76. The average Bonchev–Trinajstić information content (AvgIpc) is 2.27. The standard InChI is InChI=1S/C9H11F3N4OS/c10-9(11,12)5-17-4-3-16-8-6(7(13)18)14-1-2-15-8/h1-2H,3-5H2,(H2,13,18)(H,15,16). The first-order valence-electron chi connectivity index (χ1n) is 4.89. The van der Waals surface area contributed by atoms with Gasteiger partial charge in [-0.2, -0.15) is 13.2 Å². The normalized spacial score (nSPS) is 11.3. The molecule has 0 unspecified atom stereocenters. The number of hydrogen-bond donors (Lipinski definition) is 2. The molecule has 1 rings (SSSR count). The van der Waals surface area contributed by atoms with Crippen LogP contribution in [0, 0.1) is 0 Å². The van der Waals surface area contributed by atoms with Crippen LogP contribution < -0.4 is 11.1 Å². The lowest BCUT2D eigenvalue weighted by Crippen LogP contribution is -2.21. The topological polar surface area (TPSA) is 73.1 Å². The van der Waals surface area contributed by atoms with E-state index in [0.717, 1.165) is 0 Å². The van der Waals surface area contributed by atoms with Crippen molar-refractivity contribution >= 4 is 23.0 Å². The summed E-state index contributed by atoms with van der Waals surface area (Å²) in [6.45, 7) is -1.26. The van der Waals surface area contributed by atoms with Crippen molar-refractivity contribution in [2.24, 2.45) is 5.73 Å². The number of nitrogens with two attached hydrogens (primary N) is 1. The minimum Gasteiger partial charge on any atom is -0.388 e. The third-order valence-electron chi connectivity index (χ3n) is 1.74. The molecule has 3 N–H and O–H groups in total. The number of aromatic nitrogens is 2. The van der Waals surface area contributed by atoms with Crippen LogP contribution in [0.25, 0.3) is 0 Å². The van der Waals surface area contributed by atoms with Crippen LogP contribution in [0.15, 0.2) is 12.4 Å². The van der Waals surface area contributed by atoms with Gasteiger partial charge in [0, 0.05) is 18.9 Å². The highest BCUT2D eigenvalue weighted by Crippen LogP contribution is 2.14. The lowest BCUT2D eigenvalue weighted by Gasteiger charge is -2.10. The zero-order chi connectivity index (χ0) is 13.6. The van der Waals surface area contributed by atoms with Crippen molar-refractivity contribution in [2.75, 3.05) is 25.1 Å². The monoisotopic (exact) mass is 280 g/mol. The second kappa shape index (κ2) is 6.45. The maximum absolute atomic E-state index is 11.8. The summed E-state index contributed by atoms with van der Waals surface area (Å²) in [5.74, 6) is 0.320. The molecule has 1 aromatic rings. The lowest BCUT2D eigenvalue weighted by atomic mass is 10.4. The van der Waals surface area contributed by atoms with Crippen LogP contribution in [0.2, 0.25) is 0 Å². The van der Waals surface area contributed by atoms with Crippen LogP contribution in [0.3, 0.4) is 0 Å². The second-order valence-corrected chi connectivity index (χ2v) is 3.65. The summed E-state index contributed by atoms with van der Waals surface area (Å²) in [4.78, 5) is 7.89. The van der Waals surface area contributed by atoms with Crippen LogP contribution in [-0.2, 0) is 4.74 Å². The van der Waals surface area contributed by atoms with E-state index >= 15 is 0 Å². The fraction of sp³-hybridized carbons (Fsp3) is 0.444. The van der Waals surface area contributed by atoms with Gasteiger partial charge < -0.3 is 15.8 Å². The number of rotatable bonds is 6. The average molecular weight is 280 g/mol. The SMILES string of the molecule is NC(=S)c1nccnc1NCCOCC(F)(F)F. The molecule has 0 saturated heterocycles. The van der Waals surface area contributed by atoms with Crippen LogP contribution in [0.5, 0.6) is 0 Å². The van der Waals surface area contributed by atoms with Gasteiger partial charge >= 0.3 is 6.18 Å². The third-order valence-corrected chi connectivity index (χ3v) is 1.93. The Labute approximate surface area is 107 Å². The van der Waals surface area contributed by atoms with E-state index in [2.05, 4.69) is 20.0 Å². The van der Waals surface area contributed by atoms with Gasteiger partial charge in [0.25, 0.3) is 0 Å². The number of ether oxygens (including phenoxy) is 1. The van der Waals surface area contributed by atoms with Crippen LogP contribution in [0.1, 0.15) is 5.69 Å². The molecule has 5 nitrogen and oxygen atoms in total. The van der Waals surface area contributed by atoms with Crippen molar-refractivity contribution in [2.45, 2.75) is 6.18 Å². The molecule has 1 aromatic heterocycles. The minimum absolute atomic E-state index is 0.0572. The highest BCUT2D eigenvalue weighted by atomic mass is 32.1. The Balaban J connectivity index is 2.38. The van der Waals surface area contributed by atoms with Gasteiger partial charge in [-0.25, -0.2) is 9.97 Å². The van der Waals surface area contributed by atoms with E-state index in [4.69, 9.17) is 18.0 Å². The molecule has 0 aliphatic rings. The van der Waals surface area contributed by atoms with E-state index in [0.29, 0.717) is 11.5 Å². The number of hydrogen-bond acceptors (Lipinski definition) is 5. The highest BCUT2D eigenvalue weighted by molar-refractivity contribution is 7.80. The Morgan fingerprint density at radius 2 is 2.06 bits per heavy atom. The predicted molar refractivity (Wildman–Crippen MR) is 63.3 cm³/mol. The number of anilines is 1. The number of nitrogens with zero attached hydrogens (tertiary/aromatic N) is 2. The Morgan fingerprint density at radius 1 is 1.39 bits per heavy atom. The molecule has 0 radical (unpaired) electrons. The largest absolute Gasteiger partial charge is 0.411 e. The van der Waals surface area contributed by atoms with E-state index in [-0.39, 0.29) is 18.1 Å². The third kappa shape index (κ3) is 5.23. The number of halogens is 3. The Hall–Kier alpha value is -1.48. The minimum atomic E-state index is -4.32. The summed E-state index contributed by atoms with van der Waals surface area (Å²) in [5.41, 5.74) is 5.71. The molecule has 1 heterocycles. The Kier molecular flexibility index (Phi) is 5.23. The summed E-state index contributed by atoms with van der Waals surface area (Å²) in [7, 11) is 0. The summed E-state index contributed by atoms with van der Waals surface area (Å²) in [6.07, 6.45) is -1.49. The van der Waals surface area contributed by atoms with Gasteiger partial charge in [-0.15, -0.1) is 0 Å². The molecule has 0 spiro atoms. The van der Waals surface area contributed by atoms with E-state index in [1.165, 1.54) is 12.4 Å². The van der Waals surface area contributed by atoms with E-state index in [1.54, 1.807) is 0 Å². The van der Waals surface area contributed by atoms with Gasteiger partial charge in [-0.05, 0) is 0 Å². The number of thiocarbonyl (C=S) groups is 1. The molecule has 0 bridgehead atoms. The molecule has 100 valence electrons. The molecule has 0 aliphatic heterocycles. The quantitative estimate of drug-likeness (QED) is 0.600. The first kappa shape index (κ1) is 14.6. The molecule has 0 saturated carbocycles. The second-order valence-electron chi connectivity index (χ2n) is 3.21. The van der Waals surface area contributed by atoms with Gasteiger partial charge in [-0.3, -0.25) is 0 Å². The smallest absolute Gasteiger partial charge is 0.388 e. The van der Waals surface area contributed by atoms with Crippen LogP contribution in [0.4, 0.5) is 19.0 Å². The lowest BCUT2D eigenvalue weighted by molar-refractivity contribution is -0.172. The predicted octanol–water partition coefficient (Wildman–Crippen LogP) is 1.10. The molecular weight excluding hydrogens is 269 g/mol. The van der Waals surface area contributed by atoms with E-state index < -0.39 is 12.8 Å². The Bertz CT molecular complexity index is 413. The molecule has 0 atom stereocenters. The van der Waals surface area contributed by atoms with Crippen LogP contribution >= 0.6 is 12.2 Å². The van der Waals surface area contributed by atoms with Gasteiger partial charge in [-0.1, -0.05) is 12.2 Å². The maximum atomic E-state index is 11.8. The van der Waals surface area contributed by atoms with Crippen molar-refractivity contribution in [3.05, 3.63) is 18.1 Å². The highest BCUT2D eigenvalue weighted by Gasteiger charge is 2.27. The first-order chi connectivity index (χ1) is 8.40. The van der Waals surface area contributed by atoms with Crippen molar-refractivity contribution in [1.29, 1.82) is 0 Å². The molecule has 0 amide bonds. The van der Waals surface area contributed by atoms with Gasteiger partial charge in [0.15, 0.2) is 5.82 Å². The summed E-state index contributed by atoms with van der Waals surface area (Å²) in [5, 5.41) is 2.75. The first-order valence-corrected chi connectivity index (χ1v) is 5.30. The van der Waals surface area contributed by atoms with Gasteiger partial charge in [0.05, 0.1) is 6.61 Å². The molecular formula is C9H11F3N4OS. The molecule has 18 heavy (non-hydrogen) atoms. The summed E-state index contributed by atoms with van der Waals surface area (Å²) < 4.78 is 39.7. The molecule has 0 fully saturated rings. The van der Waals surface area contributed by atoms with Crippen LogP contribution in [-0.4, -0.2) is 40.9 Å². The zero-order valence-electron chi connectivity index (χ0n) is 9.20. The maximum Gasteiger partial charge on any atom is 0.411 e. The summed E-state index contributed by atoms with van der Waals surface area (Å²) in [6, 6.07) is 0. The fourth-order valence-electron chi connectivity index (χ4n) is 1.08. The number of nitrogens with one attached hydrogen (secondary N) is 1. The number of alkyl halides is 3. The van der Waals surface area contributed by atoms with Crippen molar-refractivity contribution in [3.63, 3.8) is 0 Å². The fourth-order valence-corrected chi connectivity index (χ4v) is 1.23. The molecule has 0 aromatic carbocycles.